The van der Waals surface area contributed by atoms with E-state index in [9.17, 15) is 0 Å². The van der Waals surface area contributed by atoms with E-state index < -0.39 is 0 Å². The number of rotatable bonds is 12. The van der Waals surface area contributed by atoms with E-state index in [0.717, 1.165) is 16.4 Å². The quantitative estimate of drug-likeness (QED) is 0.252. The van der Waals surface area contributed by atoms with Crippen LogP contribution in [0.15, 0.2) is 0 Å². The molecule has 0 heterocycles. The number of alkyl halides is 1. The molecule has 0 saturated carbocycles. The fourth-order valence-corrected chi connectivity index (χ4v) is 3.51. The minimum Gasteiger partial charge on any atom is -0.385 e. The van der Waals surface area contributed by atoms with Crippen LogP contribution in [0.5, 0.6) is 0 Å². The lowest BCUT2D eigenvalue weighted by molar-refractivity contribution is 0.184. The van der Waals surface area contributed by atoms with Crippen molar-refractivity contribution in [2.45, 2.75) is 75.6 Å². The fourth-order valence-electron chi connectivity index (χ4n) is 2.44. The summed E-state index contributed by atoms with van der Waals surface area (Å²) >= 11 is 2.62. The van der Waals surface area contributed by atoms with Gasteiger partial charge in [0, 0.05) is 17.6 Å². The minimum atomic E-state index is 0.902. The van der Waals surface area contributed by atoms with Crippen molar-refractivity contribution in [3.63, 3.8) is 0 Å². The van der Waals surface area contributed by atoms with Crippen molar-refractivity contribution in [2.75, 3.05) is 13.7 Å². The summed E-state index contributed by atoms with van der Waals surface area (Å²) in [4.78, 5) is 0. The molecule has 0 aromatic carbocycles. The van der Waals surface area contributed by atoms with Gasteiger partial charge in [0.1, 0.15) is 0 Å². The van der Waals surface area contributed by atoms with E-state index in [4.69, 9.17) is 4.74 Å². The Kier molecular flexibility index (Phi) is 13.7. The summed E-state index contributed by atoms with van der Waals surface area (Å²) in [6.45, 7) is 5.53. The van der Waals surface area contributed by atoms with Crippen molar-refractivity contribution in [1.82, 2.24) is 0 Å². The van der Waals surface area contributed by atoms with E-state index in [0.29, 0.717) is 0 Å². The minimum absolute atomic E-state index is 0.902. The van der Waals surface area contributed by atoms with Gasteiger partial charge in [-0.15, -0.1) is 0 Å². The van der Waals surface area contributed by atoms with Crippen LogP contribution in [-0.2, 0) is 4.74 Å². The second-order valence-corrected chi connectivity index (χ2v) is 6.87. The van der Waals surface area contributed by atoms with E-state index in [1.165, 1.54) is 57.8 Å². The third-order valence-electron chi connectivity index (χ3n) is 3.39. The van der Waals surface area contributed by atoms with Gasteiger partial charge in [0.05, 0.1) is 0 Å². The summed E-state index contributed by atoms with van der Waals surface area (Å²) in [7, 11) is 1.81. The van der Waals surface area contributed by atoms with E-state index in [2.05, 4.69) is 36.4 Å². The summed E-state index contributed by atoms with van der Waals surface area (Å²) in [6.07, 6.45) is 12.3. The highest BCUT2D eigenvalue weighted by atomic mass is 127. The van der Waals surface area contributed by atoms with Crippen molar-refractivity contribution in [3.05, 3.63) is 0 Å². The zero-order valence-electron chi connectivity index (χ0n) is 12.0. The largest absolute Gasteiger partial charge is 0.385 e. The van der Waals surface area contributed by atoms with Gasteiger partial charge in [-0.3, -0.25) is 0 Å². The molecule has 0 spiro atoms. The van der Waals surface area contributed by atoms with Gasteiger partial charge in [-0.2, -0.15) is 0 Å². The number of halogens is 1. The van der Waals surface area contributed by atoms with Crippen LogP contribution in [-0.4, -0.2) is 17.6 Å². The van der Waals surface area contributed by atoms with E-state index in [1.54, 1.807) is 7.11 Å². The molecule has 1 nitrogen and oxygen atoms in total. The highest BCUT2D eigenvalue weighted by Gasteiger charge is 2.09. The van der Waals surface area contributed by atoms with Crippen molar-refractivity contribution in [1.29, 1.82) is 0 Å². The van der Waals surface area contributed by atoms with Crippen molar-refractivity contribution in [2.24, 2.45) is 5.92 Å². The zero-order chi connectivity index (χ0) is 12.9. The molecule has 0 aliphatic carbocycles. The molecule has 0 fully saturated rings. The number of methoxy groups -OCH3 is 1. The maximum atomic E-state index is 5.14. The average molecular weight is 354 g/mol. The first-order valence-electron chi connectivity index (χ1n) is 7.37. The Balaban J connectivity index is 3.60. The van der Waals surface area contributed by atoms with Gasteiger partial charge in [-0.25, -0.2) is 0 Å². The Morgan fingerprint density at radius 2 is 1.53 bits per heavy atom. The second kappa shape index (κ2) is 13.1. The Labute approximate surface area is 122 Å². The molecule has 0 radical (unpaired) electrons. The molecule has 0 N–H and O–H groups in total. The number of hydrogen-bond donors (Lipinski definition) is 0. The highest BCUT2D eigenvalue weighted by Crippen LogP contribution is 2.23. The van der Waals surface area contributed by atoms with Crippen LogP contribution in [0, 0.1) is 5.92 Å². The van der Waals surface area contributed by atoms with Gasteiger partial charge < -0.3 is 4.74 Å². The first kappa shape index (κ1) is 17.7. The molecular weight excluding hydrogens is 323 g/mol. The van der Waals surface area contributed by atoms with Gasteiger partial charge in [0.15, 0.2) is 0 Å². The number of ether oxygens (including phenoxy) is 1. The van der Waals surface area contributed by atoms with Crippen LogP contribution in [0.1, 0.15) is 71.6 Å². The topological polar surface area (TPSA) is 9.23 Å². The molecule has 0 amide bonds. The Bertz CT molecular complexity index is 150. The maximum Gasteiger partial charge on any atom is 0.0462 e. The lowest BCUT2D eigenvalue weighted by atomic mass is 9.92. The summed E-state index contributed by atoms with van der Waals surface area (Å²) in [5.41, 5.74) is 0. The van der Waals surface area contributed by atoms with Crippen molar-refractivity contribution < 1.29 is 4.74 Å². The van der Waals surface area contributed by atoms with Crippen LogP contribution in [0.2, 0.25) is 0 Å². The van der Waals surface area contributed by atoms with Crippen molar-refractivity contribution in [3.8, 4) is 0 Å². The summed E-state index contributed by atoms with van der Waals surface area (Å²) in [5.74, 6) is 0.945. The monoisotopic (exact) mass is 354 g/mol. The van der Waals surface area contributed by atoms with Gasteiger partial charge in [0.2, 0.25) is 0 Å². The lowest BCUT2D eigenvalue weighted by Crippen LogP contribution is -2.04. The van der Waals surface area contributed by atoms with E-state index in [-0.39, 0.29) is 0 Å². The van der Waals surface area contributed by atoms with E-state index >= 15 is 0 Å². The van der Waals surface area contributed by atoms with Crippen molar-refractivity contribution >= 4 is 22.6 Å². The zero-order valence-corrected chi connectivity index (χ0v) is 14.2. The molecule has 2 heteroatoms. The van der Waals surface area contributed by atoms with Crippen LogP contribution in [0.3, 0.4) is 0 Å². The lowest BCUT2D eigenvalue weighted by Gasteiger charge is -2.16. The predicted octanol–water partition coefficient (Wildman–Crippen LogP) is 5.60. The Morgan fingerprint density at radius 3 is 2.12 bits per heavy atom. The van der Waals surface area contributed by atoms with Gasteiger partial charge in [0.25, 0.3) is 0 Å². The van der Waals surface area contributed by atoms with Gasteiger partial charge in [-0.1, -0.05) is 68.5 Å². The smallest absolute Gasteiger partial charge is 0.0462 e. The van der Waals surface area contributed by atoms with Crippen LogP contribution in [0.4, 0.5) is 0 Å². The molecule has 0 aliphatic heterocycles. The molecule has 0 aromatic rings. The first-order valence-corrected chi connectivity index (χ1v) is 8.62. The fraction of sp³-hybridized carbons (Fsp3) is 1.00. The Hall–Kier alpha value is 0.690. The predicted molar refractivity (Wildman–Crippen MR) is 86.1 cm³/mol. The third kappa shape index (κ3) is 11.5. The summed E-state index contributed by atoms with van der Waals surface area (Å²) in [6, 6.07) is 0. The molecule has 104 valence electrons. The maximum absolute atomic E-state index is 5.14. The molecule has 2 atom stereocenters. The Morgan fingerprint density at radius 1 is 0.882 bits per heavy atom. The second-order valence-electron chi connectivity index (χ2n) is 5.11. The van der Waals surface area contributed by atoms with E-state index in [1.807, 2.05) is 0 Å². The van der Waals surface area contributed by atoms with Crippen LogP contribution >= 0.6 is 22.6 Å². The molecule has 0 aliphatic rings. The summed E-state index contributed by atoms with van der Waals surface area (Å²) in [5, 5.41) is 0. The highest BCUT2D eigenvalue weighted by molar-refractivity contribution is 14.1. The third-order valence-corrected chi connectivity index (χ3v) is 4.64. The molecule has 17 heavy (non-hydrogen) atoms. The van der Waals surface area contributed by atoms with Gasteiger partial charge >= 0.3 is 0 Å². The molecular formula is C15H31IO. The average Bonchev–Trinajstić information content (AvgIpc) is 2.29. The molecule has 0 aromatic heterocycles. The standard InChI is InChI=1S/C15H31IO/c1-4-8-14(11-7-13-17-3)10-6-12-15(16)9-5-2/h14-15H,4-13H2,1-3H3. The van der Waals surface area contributed by atoms with Crippen LogP contribution in [0.25, 0.3) is 0 Å². The van der Waals surface area contributed by atoms with Crippen LogP contribution < -0.4 is 0 Å². The molecule has 0 bridgehead atoms. The first-order chi connectivity index (χ1) is 8.24. The molecule has 0 saturated heterocycles. The van der Waals surface area contributed by atoms with Gasteiger partial charge in [-0.05, 0) is 31.6 Å². The normalized spacial score (nSPS) is 14.8. The molecule has 0 rings (SSSR count). The SMILES string of the molecule is CCCC(I)CCCC(CCC)CCCOC. The number of hydrogen-bond acceptors (Lipinski definition) is 1. The summed E-state index contributed by atoms with van der Waals surface area (Å²) < 4.78 is 6.05. The molecule has 2 unspecified atom stereocenters.